The van der Waals surface area contributed by atoms with Crippen molar-refractivity contribution in [1.29, 1.82) is 0 Å². The van der Waals surface area contributed by atoms with Crippen LogP contribution in [0.5, 0.6) is 0 Å². The van der Waals surface area contributed by atoms with Crippen LogP contribution in [0.1, 0.15) is 50.2 Å². The normalized spacial score (nSPS) is 23.6. The molecule has 0 aliphatic heterocycles. The summed E-state index contributed by atoms with van der Waals surface area (Å²) in [6.07, 6.45) is 4.42. The summed E-state index contributed by atoms with van der Waals surface area (Å²) in [5.74, 6) is 0.760. The number of aliphatic hydroxyl groups excluding tert-OH is 1. The van der Waals surface area contributed by atoms with E-state index in [0.717, 1.165) is 12.8 Å². The topological polar surface area (TPSA) is 20.2 Å². The standard InChI is InChI=1S/C15H22O/c1-3-11(2)15(16)14-10-6-8-12-7-4-5-9-13(12)14/h4-5,7,9,11,14-16H,3,6,8,10H2,1-2H3. The van der Waals surface area contributed by atoms with Crippen molar-refractivity contribution in [2.24, 2.45) is 5.92 Å². The molecule has 88 valence electrons. The van der Waals surface area contributed by atoms with Crippen LogP contribution in [0.2, 0.25) is 0 Å². The Balaban J connectivity index is 2.24. The first-order valence-electron chi connectivity index (χ1n) is 6.50. The van der Waals surface area contributed by atoms with Gasteiger partial charge in [-0.25, -0.2) is 0 Å². The summed E-state index contributed by atoms with van der Waals surface area (Å²) in [7, 11) is 0. The smallest absolute Gasteiger partial charge is 0.0634 e. The number of hydrogen-bond donors (Lipinski definition) is 1. The molecule has 0 aromatic heterocycles. The number of aliphatic hydroxyl groups is 1. The Kier molecular flexibility index (Phi) is 3.65. The van der Waals surface area contributed by atoms with Crippen molar-refractivity contribution in [2.75, 3.05) is 0 Å². The lowest BCUT2D eigenvalue weighted by Gasteiger charge is -2.32. The average Bonchev–Trinajstić information content (AvgIpc) is 2.36. The van der Waals surface area contributed by atoms with E-state index in [4.69, 9.17) is 0 Å². The largest absolute Gasteiger partial charge is 0.392 e. The fourth-order valence-corrected chi connectivity index (χ4v) is 2.78. The summed E-state index contributed by atoms with van der Waals surface area (Å²) in [4.78, 5) is 0. The molecule has 1 aromatic rings. The van der Waals surface area contributed by atoms with Crippen molar-refractivity contribution in [3.8, 4) is 0 Å². The highest BCUT2D eigenvalue weighted by atomic mass is 16.3. The molecule has 3 unspecified atom stereocenters. The molecule has 0 saturated carbocycles. The third kappa shape index (κ3) is 2.15. The zero-order valence-corrected chi connectivity index (χ0v) is 10.3. The van der Waals surface area contributed by atoms with Gasteiger partial charge in [0.05, 0.1) is 6.10 Å². The Hall–Kier alpha value is -0.820. The molecular weight excluding hydrogens is 196 g/mol. The number of hydrogen-bond acceptors (Lipinski definition) is 1. The lowest BCUT2D eigenvalue weighted by Crippen LogP contribution is -2.28. The van der Waals surface area contributed by atoms with Gasteiger partial charge in [-0.15, -0.1) is 0 Å². The summed E-state index contributed by atoms with van der Waals surface area (Å²) < 4.78 is 0. The summed E-state index contributed by atoms with van der Waals surface area (Å²) in [5.41, 5.74) is 2.84. The fraction of sp³-hybridized carbons (Fsp3) is 0.600. The van der Waals surface area contributed by atoms with Gasteiger partial charge in [0.1, 0.15) is 0 Å². The Bertz CT molecular complexity index is 345. The Morgan fingerprint density at radius 3 is 2.88 bits per heavy atom. The van der Waals surface area contributed by atoms with Gasteiger partial charge in [0.25, 0.3) is 0 Å². The molecule has 0 bridgehead atoms. The summed E-state index contributed by atoms with van der Waals surface area (Å²) in [6.45, 7) is 4.31. The minimum atomic E-state index is -0.175. The third-order valence-corrected chi connectivity index (χ3v) is 4.06. The van der Waals surface area contributed by atoms with Crippen LogP contribution < -0.4 is 0 Å². The highest BCUT2D eigenvalue weighted by Gasteiger charge is 2.28. The molecule has 0 spiro atoms. The van der Waals surface area contributed by atoms with Crippen molar-refractivity contribution >= 4 is 0 Å². The van der Waals surface area contributed by atoms with Crippen LogP contribution in [0, 0.1) is 5.92 Å². The summed E-state index contributed by atoms with van der Waals surface area (Å²) in [5, 5.41) is 10.4. The van der Waals surface area contributed by atoms with E-state index in [9.17, 15) is 5.11 Å². The van der Waals surface area contributed by atoms with Crippen LogP contribution in [0.25, 0.3) is 0 Å². The number of aryl methyl sites for hydroxylation is 1. The quantitative estimate of drug-likeness (QED) is 0.823. The van der Waals surface area contributed by atoms with E-state index in [1.54, 1.807) is 0 Å². The molecule has 0 fully saturated rings. The maximum absolute atomic E-state index is 10.4. The Morgan fingerprint density at radius 2 is 2.12 bits per heavy atom. The van der Waals surface area contributed by atoms with Crippen LogP contribution in [0.15, 0.2) is 24.3 Å². The van der Waals surface area contributed by atoms with Gasteiger partial charge in [-0.05, 0) is 36.3 Å². The van der Waals surface area contributed by atoms with Crippen molar-refractivity contribution in [2.45, 2.75) is 51.6 Å². The Labute approximate surface area is 98.5 Å². The van der Waals surface area contributed by atoms with E-state index in [-0.39, 0.29) is 6.10 Å². The van der Waals surface area contributed by atoms with Crippen LogP contribution in [-0.4, -0.2) is 11.2 Å². The lowest BCUT2D eigenvalue weighted by molar-refractivity contribution is 0.0798. The monoisotopic (exact) mass is 218 g/mol. The minimum Gasteiger partial charge on any atom is -0.392 e. The molecule has 0 heterocycles. The average molecular weight is 218 g/mol. The molecule has 0 amide bonds. The first kappa shape index (κ1) is 11.7. The molecule has 1 nitrogen and oxygen atoms in total. The number of benzene rings is 1. The van der Waals surface area contributed by atoms with Crippen molar-refractivity contribution in [3.63, 3.8) is 0 Å². The third-order valence-electron chi connectivity index (χ3n) is 4.06. The van der Waals surface area contributed by atoms with Crippen LogP contribution in [0.3, 0.4) is 0 Å². The molecule has 0 saturated heterocycles. The van der Waals surface area contributed by atoms with Crippen molar-refractivity contribution < 1.29 is 5.11 Å². The van der Waals surface area contributed by atoms with Crippen LogP contribution >= 0.6 is 0 Å². The second-order valence-corrected chi connectivity index (χ2v) is 5.07. The van der Waals surface area contributed by atoms with Gasteiger partial charge in [-0.2, -0.15) is 0 Å². The number of rotatable bonds is 3. The van der Waals surface area contributed by atoms with Gasteiger partial charge in [-0.3, -0.25) is 0 Å². The zero-order valence-electron chi connectivity index (χ0n) is 10.3. The molecule has 16 heavy (non-hydrogen) atoms. The van der Waals surface area contributed by atoms with Gasteiger partial charge in [-0.1, -0.05) is 44.5 Å². The van der Waals surface area contributed by atoms with Crippen molar-refractivity contribution in [3.05, 3.63) is 35.4 Å². The van der Waals surface area contributed by atoms with E-state index in [2.05, 4.69) is 38.1 Å². The second-order valence-electron chi connectivity index (χ2n) is 5.07. The molecule has 2 rings (SSSR count). The maximum Gasteiger partial charge on any atom is 0.0634 e. The van der Waals surface area contributed by atoms with E-state index < -0.39 is 0 Å². The van der Waals surface area contributed by atoms with E-state index in [0.29, 0.717) is 11.8 Å². The van der Waals surface area contributed by atoms with E-state index in [1.807, 2.05) is 0 Å². The molecule has 1 heteroatoms. The molecule has 1 aliphatic rings. The molecule has 3 atom stereocenters. The SMILES string of the molecule is CCC(C)C(O)C1CCCc2ccccc21. The van der Waals surface area contributed by atoms with Gasteiger partial charge < -0.3 is 5.11 Å². The van der Waals surface area contributed by atoms with Crippen LogP contribution in [-0.2, 0) is 6.42 Å². The molecule has 1 aromatic carbocycles. The zero-order chi connectivity index (χ0) is 11.5. The predicted molar refractivity (Wildman–Crippen MR) is 67.6 cm³/mol. The highest BCUT2D eigenvalue weighted by Crippen LogP contribution is 2.36. The fourth-order valence-electron chi connectivity index (χ4n) is 2.78. The molecule has 1 aliphatic carbocycles. The van der Waals surface area contributed by atoms with Crippen LogP contribution in [0.4, 0.5) is 0 Å². The lowest BCUT2D eigenvalue weighted by atomic mass is 9.76. The van der Waals surface area contributed by atoms with Gasteiger partial charge >= 0.3 is 0 Å². The predicted octanol–water partition coefficient (Wildman–Crippen LogP) is 3.51. The molecule has 1 N–H and O–H groups in total. The van der Waals surface area contributed by atoms with Gasteiger partial charge in [0.15, 0.2) is 0 Å². The summed E-state index contributed by atoms with van der Waals surface area (Å²) >= 11 is 0. The minimum absolute atomic E-state index is 0.175. The highest BCUT2D eigenvalue weighted by molar-refractivity contribution is 5.33. The number of fused-ring (bicyclic) bond motifs is 1. The molecule has 0 radical (unpaired) electrons. The van der Waals surface area contributed by atoms with E-state index >= 15 is 0 Å². The first-order chi connectivity index (χ1) is 7.74. The van der Waals surface area contributed by atoms with Crippen molar-refractivity contribution in [1.82, 2.24) is 0 Å². The van der Waals surface area contributed by atoms with Gasteiger partial charge in [0, 0.05) is 5.92 Å². The Morgan fingerprint density at radius 1 is 1.38 bits per heavy atom. The van der Waals surface area contributed by atoms with E-state index in [1.165, 1.54) is 24.0 Å². The second kappa shape index (κ2) is 5.01. The maximum atomic E-state index is 10.4. The summed E-state index contributed by atoms with van der Waals surface area (Å²) in [6, 6.07) is 8.62. The van der Waals surface area contributed by atoms with Gasteiger partial charge in [0.2, 0.25) is 0 Å². The molecular formula is C15H22O. The first-order valence-corrected chi connectivity index (χ1v) is 6.50.